The summed E-state index contributed by atoms with van der Waals surface area (Å²) in [5.41, 5.74) is 2.28. The largest absolute Gasteiger partial charge is 0.394 e. The number of halogens is 1. The van der Waals surface area contributed by atoms with Gasteiger partial charge in [-0.1, -0.05) is 64.5 Å². The number of amides is 3. The molecule has 9 heteroatoms. The standard InChI is InChI=1S/C28H32BrN3O5/c1-15-8-7-9-16(2)22(15)31-26(35)24-28-12-19(29)23(37-28)20(21(28)27(36)32(24)17(3)14-33)25(34)30-13-18-10-5-4-6-11-18/h4-11,17,19-21,23-24,33H,12-14H2,1-3H3,(H,30,34)(H,31,35)/t17-,19?,20+,21+,23+,24?,28?/m1/s1. The summed E-state index contributed by atoms with van der Waals surface area (Å²) in [7, 11) is 0. The van der Waals surface area contributed by atoms with E-state index in [1.54, 1.807) is 6.92 Å². The third kappa shape index (κ3) is 4.17. The Labute approximate surface area is 224 Å². The van der Waals surface area contributed by atoms with E-state index in [2.05, 4.69) is 26.6 Å². The molecule has 0 aliphatic carbocycles. The number of carbonyl (C=O) groups excluding carboxylic acids is 3. The van der Waals surface area contributed by atoms with Crippen LogP contribution in [0, 0.1) is 25.7 Å². The number of nitrogens with zero attached hydrogens (tertiary/aromatic N) is 1. The molecular weight excluding hydrogens is 538 g/mol. The van der Waals surface area contributed by atoms with Crippen LogP contribution in [0.5, 0.6) is 0 Å². The number of ether oxygens (including phenoxy) is 1. The van der Waals surface area contributed by atoms with Gasteiger partial charge in [-0.25, -0.2) is 0 Å². The van der Waals surface area contributed by atoms with Gasteiger partial charge in [0.15, 0.2) is 0 Å². The minimum atomic E-state index is -1.17. The molecule has 2 aromatic carbocycles. The lowest BCUT2D eigenvalue weighted by Gasteiger charge is -2.36. The molecule has 3 N–H and O–H groups in total. The van der Waals surface area contributed by atoms with Gasteiger partial charge in [-0.3, -0.25) is 14.4 Å². The van der Waals surface area contributed by atoms with Gasteiger partial charge in [-0.05, 0) is 43.9 Å². The highest BCUT2D eigenvalue weighted by Crippen LogP contribution is 2.60. The Morgan fingerprint density at radius 3 is 2.46 bits per heavy atom. The number of aliphatic hydroxyl groups is 1. The highest BCUT2D eigenvalue weighted by molar-refractivity contribution is 9.09. The Hall–Kier alpha value is -2.75. The minimum absolute atomic E-state index is 0.191. The average molecular weight is 570 g/mol. The zero-order chi connectivity index (χ0) is 26.5. The number of anilines is 1. The summed E-state index contributed by atoms with van der Waals surface area (Å²) >= 11 is 3.68. The second-order valence-electron chi connectivity index (χ2n) is 10.4. The van der Waals surface area contributed by atoms with Crippen molar-refractivity contribution in [2.45, 2.75) is 62.4 Å². The molecule has 8 nitrogen and oxygen atoms in total. The van der Waals surface area contributed by atoms with Crippen molar-refractivity contribution in [1.29, 1.82) is 0 Å². The molecule has 1 spiro atoms. The van der Waals surface area contributed by atoms with Gasteiger partial charge < -0.3 is 25.4 Å². The summed E-state index contributed by atoms with van der Waals surface area (Å²) in [6, 6.07) is 13.7. The van der Waals surface area contributed by atoms with Crippen molar-refractivity contribution in [3.05, 3.63) is 65.2 Å². The molecule has 0 aromatic heterocycles. The Morgan fingerprint density at radius 1 is 1.14 bits per heavy atom. The maximum absolute atomic E-state index is 13.9. The first-order chi connectivity index (χ1) is 17.7. The molecule has 3 heterocycles. The van der Waals surface area contributed by atoms with Crippen molar-refractivity contribution >= 4 is 39.3 Å². The molecule has 3 aliphatic heterocycles. The van der Waals surface area contributed by atoms with Crippen LogP contribution in [0.4, 0.5) is 5.69 Å². The fraction of sp³-hybridized carbons (Fsp3) is 0.464. The van der Waals surface area contributed by atoms with Gasteiger partial charge in [0.1, 0.15) is 11.6 Å². The number of rotatable bonds is 7. The van der Waals surface area contributed by atoms with Gasteiger partial charge in [0.2, 0.25) is 17.7 Å². The van der Waals surface area contributed by atoms with Crippen molar-refractivity contribution in [1.82, 2.24) is 10.2 Å². The van der Waals surface area contributed by atoms with E-state index < -0.39 is 35.6 Å². The number of nitrogens with one attached hydrogen (secondary N) is 2. The highest BCUT2D eigenvalue weighted by atomic mass is 79.9. The number of carbonyl (C=O) groups is 3. The van der Waals surface area contributed by atoms with Crippen LogP contribution >= 0.6 is 15.9 Å². The second-order valence-corrected chi connectivity index (χ2v) is 11.6. The summed E-state index contributed by atoms with van der Waals surface area (Å²) < 4.78 is 6.50. The van der Waals surface area contributed by atoms with Crippen molar-refractivity contribution in [3.63, 3.8) is 0 Å². The van der Waals surface area contributed by atoms with Gasteiger partial charge in [0.05, 0.1) is 30.6 Å². The van der Waals surface area contributed by atoms with Gasteiger partial charge in [-0.15, -0.1) is 0 Å². The first-order valence-corrected chi connectivity index (χ1v) is 13.5. The Kier molecular flexibility index (Phi) is 6.89. The maximum Gasteiger partial charge on any atom is 0.250 e. The first kappa shape index (κ1) is 25.9. The van der Waals surface area contributed by atoms with Crippen molar-refractivity contribution in [3.8, 4) is 0 Å². The van der Waals surface area contributed by atoms with E-state index in [1.807, 2.05) is 62.4 Å². The third-order valence-corrected chi connectivity index (χ3v) is 8.90. The summed E-state index contributed by atoms with van der Waals surface area (Å²) in [6.07, 6.45) is -0.123. The highest BCUT2D eigenvalue weighted by Gasteiger charge is 2.76. The van der Waals surface area contributed by atoms with Crippen LogP contribution in [0.3, 0.4) is 0 Å². The number of hydrogen-bond donors (Lipinski definition) is 3. The molecule has 3 amide bonds. The number of fused-ring (bicyclic) bond motifs is 1. The van der Waals surface area contributed by atoms with Gasteiger partial charge in [-0.2, -0.15) is 0 Å². The predicted molar refractivity (Wildman–Crippen MR) is 142 cm³/mol. The van der Waals surface area contributed by atoms with E-state index in [9.17, 15) is 19.5 Å². The van der Waals surface area contributed by atoms with Crippen LogP contribution in [0.15, 0.2) is 48.5 Å². The number of aryl methyl sites for hydroxylation is 2. The predicted octanol–water partition coefficient (Wildman–Crippen LogP) is 2.69. The molecule has 3 aliphatic rings. The van der Waals surface area contributed by atoms with E-state index in [0.717, 1.165) is 16.7 Å². The zero-order valence-corrected chi connectivity index (χ0v) is 22.7. The summed E-state index contributed by atoms with van der Waals surface area (Å²) in [5.74, 6) is -2.54. The van der Waals surface area contributed by atoms with E-state index in [1.165, 1.54) is 4.90 Å². The molecule has 37 heavy (non-hydrogen) atoms. The molecule has 2 aromatic rings. The van der Waals surface area contributed by atoms with Crippen LogP contribution in [-0.2, 0) is 25.7 Å². The third-order valence-electron chi connectivity index (χ3n) is 8.06. The molecule has 2 bridgehead atoms. The SMILES string of the molecule is Cc1cccc(C)c1NC(=O)C1N([C@H](C)CO)C(=O)[C@@H]2[C@H](C(=O)NCc3ccccc3)[C@H]3OC12CC3Br. The summed E-state index contributed by atoms with van der Waals surface area (Å²) in [4.78, 5) is 42.6. The second kappa shape index (κ2) is 9.85. The quantitative estimate of drug-likeness (QED) is 0.444. The lowest BCUT2D eigenvalue weighted by molar-refractivity contribution is -0.143. The Morgan fingerprint density at radius 2 is 1.81 bits per heavy atom. The first-order valence-electron chi connectivity index (χ1n) is 12.6. The lowest BCUT2D eigenvalue weighted by atomic mass is 9.70. The zero-order valence-electron chi connectivity index (χ0n) is 21.1. The molecule has 0 saturated carbocycles. The van der Waals surface area contributed by atoms with E-state index in [0.29, 0.717) is 18.7 Å². The Balaban J connectivity index is 1.48. The number of alkyl halides is 1. The molecule has 0 radical (unpaired) electrons. The molecule has 3 saturated heterocycles. The topological polar surface area (TPSA) is 108 Å². The van der Waals surface area contributed by atoms with Crippen molar-refractivity contribution in [2.24, 2.45) is 11.8 Å². The maximum atomic E-state index is 13.9. The number of para-hydroxylation sites is 1. The lowest BCUT2D eigenvalue weighted by Crippen LogP contribution is -2.56. The number of benzene rings is 2. The molecule has 5 rings (SSSR count). The van der Waals surface area contributed by atoms with E-state index >= 15 is 0 Å². The fourth-order valence-corrected chi connectivity index (χ4v) is 7.28. The van der Waals surface area contributed by atoms with Crippen LogP contribution in [-0.4, -0.2) is 63.0 Å². The van der Waals surface area contributed by atoms with E-state index in [-0.39, 0.29) is 29.2 Å². The van der Waals surface area contributed by atoms with Gasteiger partial charge in [0, 0.05) is 17.1 Å². The van der Waals surface area contributed by atoms with Crippen molar-refractivity contribution in [2.75, 3.05) is 11.9 Å². The normalized spacial score (nSPS) is 30.8. The molecule has 196 valence electrons. The van der Waals surface area contributed by atoms with Gasteiger partial charge in [0.25, 0.3) is 0 Å². The number of hydrogen-bond acceptors (Lipinski definition) is 5. The monoisotopic (exact) mass is 569 g/mol. The van der Waals surface area contributed by atoms with Crippen LogP contribution in [0.25, 0.3) is 0 Å². The van der Waals surface area contributed by atoms with Crippen LogP contribution in [0.1, 0.15) is 30.0 Å². The fourth-order valence-electron chi connectivity index (χ4n) is 6.33. The Bertz CT molecular complexity index is 1200. The van der Waals surface area contributed by atoms with Gasteiger partial charge >= 0.3 is 0 Å². The smallest absolute Gasteiger partial charge is 0.250 e. The number of aliphatic hydroxyl groups excluding tert-OH is 1. The minimum Gasteiger partial charge on any atom is -0.394 e. The summed E-state index contributed by atoms with van der Waals surface area (Å²) in [6.45, 7) is 5.55. The molecule has 3 fully saturated rings. The van der Waals surface area contributed by atoms with Crippen LogP contribution < -0.4 is 10.6 Å². The molecule has 3 unspecified atom stereocenters. The van der Waals surface area contributed by atoms with E-state index in [4.69, 9.17) is 4.74 Å². The van der Waals surface area contributed by atoms with Crippen LogP contribution in [0.2, 0.25) is 0 Å². The van der Waals surface area contributed by atoms with Crippen molar-refractivity contribution < 1.29 is 24.2 Å². The molecular formula is C28H32BrN3O5. The average Bonchev–Trinajstić information content (AvgIpc) is 3.48. The summed E-state index contributed by atoms with van der Waals surface area (Å²) in [5, 5.41) is 16.0. The molecule has 7 atom stereocenters. The number of likely N-dealkylation sites (tertiary alicyclic amines) is 1.